The van der Waals surface area contributed by atoms with Crippen LogP contribution in [0.2, 0.25) is 0 Å². The molecule has 286 valence electrons. The summed E-state index contributed by atoms with van der Waals surface area (Å²) in [5.74, 6) is 0.685. The maximum atomic E-state index is 5.41. The summed E-state index contributed by atoms with van der Waals surface area (Å²) in [6, 6.07) is 79.1. The molecule has 0 fully saturated rings. The first-order valence-electron chi connectivity index (χ1n) is 20.6. The van der Waals surface area contributed by atoms with E-state index in [0.717, 1.165) is 89.0 Å². The minimum atomic E-state index is 0.685. The summed E-state index contributed by atoms with van der Waals surface area (Å²) in [6.07, 6.45) is 1.86. The van der Waals surface area contributed by atoms with E-state index in [1.54, 1.807) is 0 Å². The molecule has 8 aromatic carbocycles. The molecule has 0 radical (unpaired) electrons. The van der Waals surface area contributed by atoms with Crippen molar-refractivity contribution in [2.45, 2.75) is 0 Å². The minimum Gasteiger partial charge on any atom is -0.237 e. The van der Waals surface area contributed by atoms with Gasteiger partial charge in [0, 0.05) is 39.4 Å². The lowest BCUT2D eigenvalue weighted by molar-refractivity contribution is 0.979. The van der Waals surface area contributed by atoms with Crippen molar-refractivity contribution in [3.05, 3.63) is 231 Å². The quantitative estimate of drug-likeness (QED) is 0.154. The fourth-order valence-electron chi connectivity index (χ4n) is 8.45. The largest absolute Gasteiger partial charge is 0.237 e. The van der Waals surface area contributed by atoms with Gasteiger partial charge in [0.15, 0.2) is 5.82 Å². The number of pyridine rings is 1. The molecule has 0 aliphatic rings. The van der Waals surface area contributed by atoms with Crippen LogP contribution in [0.3, 0.4) is 0 Å². The zero-order valence-electron chi connectivity index (χ0n) is 33.2. The summed E-state index contributed by atoms with van der Waals surface area (Å²) >= 11 is 0. The topological polar surface area (TPSA) is 43.1 Å². The second-order valence-corrected chi connectivity index (χ2v) is 15.3. The lowest BCUT2D eigenvalue weighted by atomic mass is 9.94. The van der Waals surface area contributed by atoms with Crippen LogP contribution in [0.1, 0.15) is 0 Å². The number of nitrogens with zero attached hydrogens (tertiary/aromatic N) is 4. The van der Waals surface area contributed by atoms with Crippen LogP contribution in [0.25, 0.3) is 106 Å². The number of fused-ring (bicyclic) bond motifs is 3. The maximum absolute atomic E-state index is 5.41. The van der Waals surface area contributed by atoms with E-state index in [0.29, 0.717) is 5.82 Å². The number of hydrogen-bond donors (Lipinski definition) is 0. The predicted molar refractivity (Wildman–Crippen MR) is 252 cm³/mol. The van der Waals surface area contributed by atoms with Crippen molar-refractivity contribution in [1.29, 1.82) is 0 Å². The Labute approximate surface area is 354 Å². The van der Waals surface area contributed by atoms with Gasteiger partial charge in [-0.3, -0.25) is 0 Å². The van der Waals surface area contributed by atoms with Crippen molar-refractivity contribution in [2.24, 2.45) is 0 Å². The van der Waals surface area contributed by atoms with Gasteiger partial charge in [-0.15, -0.1) is 0 Å². The summed E-state index contributed by atoms with van der Waals surface area (Å²) in [7, 11) is 0. The van der Waals surface area contributed by atoms with E-state index in [9.17, 15) is 0 Å². The van der Waals surface area contributed by atoms with Crippen molar-refractivity contribution in [3.63, 3.8) is 0 Å². The van der Waals surface area contributed by atoms with Gasteiger partial charge in [0.1, 0.15) is 5.69 Å². The van der Waals surface area contributed by atoms with Gasteiger partial charge in [-0.1, -0.05) is 188 Å². The Kier molecular flexibility index (Phi) is 9.14. The van der Waals surface area contributed by atoms with Crippen molar-refractivity contribution in [1.82, 2.24) is 19.6 Å². The van der Waals surface area contributed by atoms with Gasteiger partial charge >= 0.3 is 0 Å². The Morgan fingerprint density at radius 3 is 1.44 bits per heavy atom. The lowest BCUT2D eigenvalue weighted by Gasteiger charge is -2.13. The molecular weight excluding hydrogens is 741 g/mol. The molecule has 11 rings (SSSR count). The molecule has 0 atom stereocenters. The third-order valence-electron chi connectivity index (χ3n) is 11.5. The smallest absolute Gasteiger partial charge is 0.159 e. The first-order valence-corrected chi connectivity index (χ1v) is 20.6. The molecule has 0 spiro atoms. The average molecular weight is 779 g/mol. The zero-order chi connectivity index (χ0) is 40.5. The highest BCUT2D eigenvalue weighted by Crippen LogP contribution is 2.42. The second-order valence-electron chi connectivity index (χ2n) is 15.3. The predicted octanol–water partition coefficient (Wildman–Crippen LogP) is 14.6. The highest BCUT2D eigenvalue weighted by Gasteiger charge is 2.22. The van der Waals surface area contributed by atoms with Crippen LogP contribution in [0, 0.1) is 0 Å². The molecule has 0 aliphatic carbocycles. The summed E-state index contributed by atoms with van der Waals surface area (Å²) in [6.45, 7) is 0. The first-order chi connectivity index (χ1) is 30.2. The molecular formula is C57H38N4. The van der Waals surface area contributed by atoms with Crippen LogP contribution >= 0.6 is 0 Å². The lowest BCUT2D eigenvalue weighted by Crippen LogP contribution is -1.96. The van der Waals surface area contributed by atoms with Crippen LogP contribution in [-0.4, -0.2) is 19.6 Å². The van der Waals surface area contributed by atoms with Crippen molar-refractivity contribution in [2.75, 3.05) is 0 Å². The van der Waals surface area contributed by atoms with Gasteiger partial charge in [0.05, 0.1) is 16.9 Å². The molecule has 0 N–H and O–H groups in total. The third kappa shape index (κ3) is 6.86. The molecule has 0 unspecified atom stereocenters. The Hall–Kier alpha value is -8.21. The van der Waals surface area contributed by atoms with Crippen LogP contribution in [0.15, 0.2) is 231 Å². The Morgan fingerprint density at radius 1 is 0.344 bits per heavy atom. The van der Waals surface area contributed by atoms with E-state index >= 15 is 0 Å². The number of hydrogen-bond acceptors (Lipinski definition) is 3. The molecule has 0 aliphatic heterocycles. The molecule has 0 bridgehead atoms. The summed E-state index contributed by atoms with van der Waals surface area (Å²) in [4.78, 5) is 9.89. The number of aromatic nitrogens is 4. The van der Waals surface area contributed by atoms with Crippen LogP contribution in [0.5, 0.6) is 0 Å². The SMILES string of the molecule is c1ccc(-c2cc(-c3ccccc3)cc(-c3ccnc(-c4ccc(-c5ccc6cc(-c7ccccc7)n7nc(-c8ccccc8)c(-c8ccccc8)c7c6c5)cc4)n3)c2)cc1. The zero-order valence-corrected chi connectivity index (χ0v) is 33.2. The van der Waals surface area contributed by atoms with Gasteiger partial charge in [-0.05, 0) is 80.7 Å². The first kappa shape index (κ1) is 35.9. The van der Waals surface area contributed by atoms with Gasteiger partial charge < -0.3 is 0 Å². The van der Waals surface area contributed by atoms with E-state index in [1.807, 2.05) is 12.3 Å². The monoisotopic (exact) mass is 778 g/mol. The van der Waals surface area contributed by atoms with E-state index in [2.05, 4.69) is 223 Å². The normalized spacial score (nSPS) is 11.3. The fourth-order valence-corrected chi connectivity index (χ4v) is 8.45. The second kappa shape index (κ2) is 15.5. The third-order valence-corrected chi connectivity index (χ3v) is 11.5. The Morgan fingerprint density at radius 2 is 0.836 bits per heavy atom. The molecule has 0 saturated carbocycles. The molecule has 4 heteroatoms. The summed E-state index contributed by atoms with van der Waals surface area (Å²) in [5.41, 5.74) is 17.3. The minimum absolute atomic E-state index is 0.685. The van der Waals surface area contributed by atoms with Gasteiger partial charge in [-0.2, -0.15) is 5.10 Å². The molecule has 11 aromatic rings. The van der Waals surface area contributed by atoms with Crippen LogP contribution in [0.4, 0.5) is 0 Å². The summed E-state index contributed by atoms with van der Waals surface area (Å²) in [5, 5.41) is 7.70. The number of benzene rings is 8. The van der Waals surface area contributed by atoms with E-state index in [-0.39, 0.29) is 0 Å². The van der Waals surface area contributed by atoms with Gasteiger partial charge in [0.25, 0.3) is 0 Å². The standard InChI is InChI=1S/C57H38N4/c1-6-16-39(17-7-1)48-34-49(40-18-8-2-9-19-40)36-50(35-48)52-32-33-58-57(59-52)45-28-26-41(27-29-45)46-30-31-47-38-53(42-20-10-3-11-21-42)61-56(51(47)37-46)54(43-22-12-4-13-23-43)55(60-61)44-24-14-5-15-25-44/h1-38H. The van der Waals surface area contributed by atoms with Crippen LogP contribution < -0.4 is 0 Å². The fraction of sp³-hybridized carbons (Fsp3) is 0. The molecule has 3 heterocycles. The molecule has 4 nitrogen and oxygen atoms in total. The van der Waals surface area contributed by atoms with Crippen molar-refractivity contribution in [3.8, 4) is 89.7 Å². The van der Waals surface area contributed by atoms with E-state index in [1.165, 1.54) is 11.1 Å². The Balaban J connectivity index is 1.01. The van der Waals surface area contributed by atoms with Crippen molar-refractivity contribution < 1.29 is 0 Å². The van der Waals surface area contributed by atoms with Gasteiger partial charge in [0.2, 0.25) is 0 Å². The van der Waals surface area contributed by atoms with Gasteiger partial charge in [-0.25, -0.2) is 14.5 Å². The maximum Gasteiger partial charge on any atom is 0.159 e. The Bertz CT molecular complexity index is 3250. The summed E-state index contributed by atoms with van der Waals surface area (Å²) < 4.78 is 2.15. The van der Waals surface area contributed by atoms with E-state index in [4.69, 9.17) is 15.1 Å². The highest BCUT2D eigenvalue weighted by molar-refractivity contribution is 6.09. The molecule has 0 saturated heterocycles. The number of rotatable bonds is 8. The van der Waals surface area contributed by atoms with E-state index < -0.39 is 0 Å². The van der Waals surface area contributed by atoms with Crippen molar-refractivity contribution >= 4 is 16.3 Å². The molecule has 0 amide bonds. The average Bonchev–Trinajstić information content (AvgIpc) is 3.76. The molecule has 61 heavy (non-hydrogen) atoms. The van der Waals surface area contributed by atoms with Crippen LogP contribution in [-0.2, 0) is 0 Å². The molecule has 3 aromatic heterocycles. The highest BCUT2D eigenvalue weighted by atomic mass is 15.2.